The van der Waals surface area contributed by atoms with Crippen LogP contribution in [0.4, 0.5) is 5.69 Å². The lowest BCUT2D eigenvalue weighted by Crippen LogP contribution is -2.30. The molecule has 2 rings (SSSR count). The van der Waals surface area contributed by atoms with E-state index in [9.17, 15) is 4.79 Å². The van der Waals surface area contributed by atoms with Crippen LogP contribution in [0, 0.1) is 6.92 Å². The fraction of sp³-hybridized carbons (Fsp3) is 0.316. The molecule has 0 atom stereocenters. The van der Waals surface area contributed by atoms with E-state index < -0.39 is 0 Å². The molecule has 0 aliphatic rings. The molecule has 130 valence electrons. The smallest absolute Gasteiger partial charge is 0.226 e. The molecule has 1 amide bonds. The van der Waals surface area contributed by atoms with Crippen LogP contribution in [-0.4, -0.2) is 31.0 Å². The number of nitrogens with two attached hydrogens (primary N) is 1. The number of halogens is 1. The van der Waals surface area contributed by atoms with Crippen LogP contribution in [0.2, 0.25) is 0 Å². The number of anilines is 1. The molecule has 4 nitrogen and oxygen atoms in total. The van der Waals surface area contributed by atoms with E-state index in [0.29, 0.717) is 25.3 Å². The molecular formula is C19H25ClN2O2. The highest BCUT2D eigenvalue weighted by Gasteiger charge is 2.09. The van der Waals surface area contributed by atoms with Crippen molar-refractivity contribution in [3.8, 4) is 5.75 Å². The van der Waals surface area contributed by atoms with E-state index >= 15 is 0 Å². The van der Waals surface area contributed by atoms with Gasteiger partial charge in [-0.2, -0.15) is 0 Å². The van der Waals surface area contributed by atoms with E-state index in [-0.39, 0.29) is 18.3 Å². The number of ether oxygens (including phenoxy) is 1. The number of rotatable bonds is 7. The summed E-state index contributed by atoms with van der Waals surface area (Å²) in [4.78, 5) is 13.9. The van der Waals surface area contributed by atoms with Crippen LogP contribution in [0.1, 0.15) is 17.5 Å². The molecule has 0 unspecified atom stereocenters. The largest absolute Gasteiger partial charge is 0.493 e. The molecule has 0 aliphatic heterocycles. The Morgan fingerprint density at radius 3 is 2.46 bits per heavy atom. The Morgan fingerprint density at radius 1 is 1.12 bits per heavy atom. The lowest BCUT2D eigenvalue weighted by molar-refractivity contribution is -0.129. The molecule has 0 aliphatic carbocycles. The van der Waals surface area contributed by atoms with Crippen molar-refractivity contribution in [1.29, 1.82) is 0 Å². The number of carbonyl (C=O) groups is 1. The van der Waals surface area contributed by atoms with E-state index in [1.54, 1.807) is 4.90 Å². The average molecular weight is 349 g/mol. The van der Waals surface area contributed by atoms with E-state index in [4.69, 9.17) is 10.5 Å². The molecule has 24 heavy (non-hydrogen) atoms. The summed E-state index contributed by atoms with van der Waals surface area (Å²) < 4.78 is 5.75. The summed E-state index contributed by atoms with van der Waals surface area (Å²) in [5.41, 5.74) is 8.46. The second kappa shape index (κ2) is 9.83. The minimum Gasteiger partial charge on any atom is -0.493 e. The second-order valence-electron chi connectivity index (χ2n) is 5.70. The first-order valence-electron chi connectivity index (χ1n) is 7.83. The topological polar surface area (TPSA) is 55.6 Å². The van der Waals surface area contributed by atoms with Gasteiger partial charge >= 0.3 is 0 Å². The van der Waals surface area contributed by atoms with Crippen LogP contribution < -0.4 is 10.5 Å². The van der Waals surface area contributed by atoms with Gasteiger partial charge in [-0.05, 0) is 42.7 Å². The number of nitrogens with zero attached hydrogens (tertiary/aromatic N) is 1. The van der Waals surface area contributed by atoms with Gasteiger partial charge in [-0.15, -0.1) is 12.4 Å². The standard InChI is InChI=1S/C19H24N2O2.ClH/c1-15-6-3-4-7-18(15)23-13-5-12-21(2)19(22)14-16-8-10-17(20)11-9-16;/h3-4,6-11H,5,12-14,20H2,1-2H3;1H. The van der Waals surface area contributed by atoms with E-state index in [0.717, 1.165) is 23.3 Å². The number of benzene rings is 2. The van der Waals surface area contributed by atoms with Crippen LogP contribution in [-0.2, 0) is 11.2 Å². The maximum Gasteiger partial charge on any atom is 0.226 e. The zero-order valence-electron chi connectivity index (χ0n) is 14.2. The lowest BCUT2D eigenvalue weighted by Gasteiger charge is -2.17. The minimum absolute atomic E-state index is 0. The summed E-state index contributed by atoms with van der Waals surface area (Å²) in [5, 5.41) is 0. The Balaban J connectivity index is 0.00000288. The Bertz CT molecular complexity index is 644. The third-order valence-corrected chi connectivity index (χ3v) is 3.75. The zero-order chi connectivity index (χ0) is 16.7. The van der Waals surface area contributed by atoms with Gasteiger partial charge in [0.25, 0.3) is 0 Å². The number of hydrogen-bond acceptors (Lipinski definition) is 3. The number of amides is 1. The molecule has 0 radical (unpaired) electrons. The van der Waals surface area contributed by atoms with Crippen molar-refractivity contribution in [1.82, 2.24) is 4.90 Å². The molecule has 5 heteroatoms. The summed E-state index contributed by atoms with van der Waals surface area (Å²) in [6.45, 7) is 3.31. The number of likely N-dealkylation sites (N-methyl/N-ethyl adjacent to an activating group) is 1. The molecule has 0 spiro atoms. The molecular weight excluding hydrogens is 324 g/mol. The van der Waals surface area contributed by atoms with Gasteiger partial charge in [-0.3, -0.25) is 4.79 Å². The molecule has 0 heterocycles. The highest BCUT2D eigenvalue weighted by molar-refractivity contribution is 5.85. The summed E-state index contributed by atoms with van der Waals surface area (Å²) in [6, 6.07) is 15.4. The van der Waals surface area contributed by atoms with Gasteiger partial charge in [0, 0.05) is 19.3 Å². The maximum absolute atomic E-state index is 12.2. The summed E-state index contributed by atoms with van der Waals surface area (Å²) in [5.74, 6) is 1.01. The molecule has 2 aromatic rings. The Morgan fingerprint density at radius 2 is 1.79 bits per heavy atom. The first-order chi connectivity index (χ1) is 11.1. The van der Waals surface area contributed by atoms with Crippen molar-refractivity contribution in [2.24, 2.45) is 0 Å². The minimum atomic E-state index is 0. The highest BCUT2D eigenvalue weighted by Crippen LogP contribution is 2.16. The SMILES string of the molecule is Cc1ccccc1OCCCN(C)C(=O)Cc1ccc(N)cc1.Cl. The fourth-order valence-corrected chi connectivity index (χ4v) is 2.27. The first kappa shape index (κ1) is 19.8. The summed E-state index contributed by atoms with van der Waals surface area (Å²) in [7, 11) is 1.83. The Hall–Kier alpha value is -2.20. The normalized spacial score (nSPS) is 9.92. The van der Waals surface area contributed by atoms with E-state index in [1.165, 1.54) is 0 Å². The molecule has 0 saturated heterocycles. The molecule has 2 aromatic carbocycles. The molecule has 2 N–H and O–H groups in total. The van der Waals surface area contributed by atoms with Gasteiger partial charge in [-0.25, -0.2) is 0 Å². The van der Waals surface area contributed by atoms with Crippen molar-refractivity contribution in [3.63, 3.8) is 0 Å². The van der Waals surface area contributed by atoms with Crippen LogP contribution in [0.5, 0.6) is 5.75 Å². The van der Waals surface area contributed by atoms with Crippen LogP contribution in [0.3, 0.4) is 0 Å². The fourth-order valence-electron chi connectivity index (χ4n) is 2.27. The van der Waals surface area contributed by atoms with E-state index in [1.807, 2.05) is 62.5 Å². The second-order valence-corrected chi connectivity index (χ2v) is 5.70. The van der Waals surface area contributed by atoms with Crippen molar-refractivity contribution >= 4 is 24.0 Å². The van der Waals surface area contributed by atoms with Crippen molar-refractivity contribution in [3.05, 3.63) is 59.7 Å². The first-order valence-corrected chi connectivity index (χ1v) is 7.83. The third kappa shape index (κ3) is 6.13. The summed E-state index contributed by atoms with van der Waals surface area (Å²) in [6.07, 6.45) is 1.20. The quantitative estimate of drug-likeness (QED) is 0.615. The van der Waals surface area contributed by atoms with Gasteiger partial charge < -0.3 is 15.4 Å². The number of para-hydroxylation sites is 1. The number of carbonyl (C=O) groups excluding carboxylic acids is 1. The van der Waals surface area contributed by atoms with Crippen molar-refractivity contribution in [2.45, 2.75) is 19.8 Å². The number of aryl methyl sites for hydroxylation is 1. The highest BCUT2D eigenvalue weighted by atomic mass is 35.5. The van der Waals surface area contributed by atoms with Gasteiger partial charge in [0.2, 0.25) is 5.91 Å². The van der Waals surface area contributed by atoms with Crippen LogP contribution in [0.25, 0.3) is 0 Å². The zero-order valence-corrected chi connectivity index (χ0v) is 15.0. The predicted octanol–water partition coefficient (Wildman–Crippen LogP) is 3.47. The van der Waals surface area contributed by atoms with Gasteiger partial charge in [-0.1, -0.05) is 30.3 Å². The van der Waals surface area contributed by atoms with Crippen molar-refractivity contribution in [2.75, 3.05) is 25.9 Å². The van der Waals surface area contributed by atoms with Crippen LogP contribution >= 0.6 is 12.4 Å². The maximum atomic E-state index is 12.2. The molecule has 0 saturated carbocycles. The third-order valence-electron chi connectivity index (χ3n) is 3.75. The van der Waals surface area contributed by atoms with Gasteiger partial charge in [0.1, 0.15) is 5.75 Å². The monoisotopic (exact) mass is 348 g/mol. The van der Waals surface area contributed by atoms with Gasteiger partial charge in [0.15, 0.2) is 0 Å². The predicted molar refractivity (Wildman–Crippen MR) is 101 cm³/mol. The Kier molecular flexibility index (Phi) is 8.13. The van der Waals surface area contributed by atoms with E-state index in [2.05, 4.69) is 0 Å². The molecule has 0 aromatic heterocycles. The average Bonchev–Trinajstić information content (AvgIpc) is 2.55. The lowest BCUT2D eigenvalue weighted by atomic mass is 10.1. The number of hydrogen-bond donors (Lipinski definition) is 1. The molecule has 0 bridgehead atoms. The molecule has 0 fully saturated rings. The Labute approximate surface area is 150 Å². The van der Waals surface area contributed by atoms with Gasteiger partial charge in [0.05, 0.1) is 13.0 Å². The summed E-state index contributed by atoms with van der Waals surface area (Å²) >= 11 is 0. The van der Waals surface area contributed by atoms with Crippen molar-refractivity contribution < 1.29 is 9.53 Å². The number of nitrogen functional groups attached to an aromatic ring is 1. The van der Waals surface area contributed by atoms with Crippen LogP contribution in [0.15, 0.2) is 48.5 Å².